The van der Waals surface area contributed by atoms with E-state index < -0.39 is 16.4 Å². The van der Waals surface area contributed by atoms with E-state index in [1.165, 1.54) is 17.0 Å². The summed E-state index contributed by atoms with van der Waals surface area (Å²) in [5, 5.41) is 20.4. The maximum atomic E-state index is 12.7. The van der Waals surface area contributed by atoms with Gasteiger partial charge in [-0.1, -0.05) is 0 Å². The van der Waals surface area contributed by atoms with Crippen molar-refractivity contribution in [1.29, 1.82) is 5.26 Å². The van der Waals surface area contributed by atoms with E-state index in [0.29, 0.717) is 42.2 Å². The van der Waals surface area contributed by atoms with Crippen molar-refractivity contribution in [1.82, 2.24) is 14.5 Å². The van der Waals surface area contributed by atoms with Crippen molar-refractivity contribution in [3.05, 3.63) is 78.0 Å². The van der Waals surface area contributed by atoms with Gasteiger partial charge in [-0.3, -0.25) is 19.7 Å². The van der Waals surface area contributed by atoms with Gasteiger partial charge in [0.25, 0.3) is 17.2 Å². The molecule has 0 radical (unpaired) electrons. The first kappa shape index (κ1) is 21.2. The number of benzene rings is 1. The third-order valence-electron chi connectivity index (χ3n) is 4.91. The highest BCUT2D eigenvalue weighted by Crippen LogP contribution is 2.17. The Morgan fingerprint density at radius 1 is 1.25 bits per heavy atom. The Kier molecular flexibility index (Phi) is 5.98. The molecule has 0 unspecified atom stereocenters. The van der Waals surface area contributed by atoms with Crippen molar-refractivity contribution in [2.75, 3.05) is 26.3 Å². The number of non-ortho nitro benzene ring substituents is 1. The number of nitrogens with one attached hydrogen (secondary N) is 1. The lowest BCUT2D eigenvalue weighted by Crippen LogP contribution is -2.42. The second-order valence-electron chi connectivity index (χ2n) is 6.86. The van der Waals surface area contributed by atoms with Crippen LogP contribution in [0.2, 0.25) is 0 Å². The zero-order valence-electron chi connectivity index (χ0n) is 16.7. The number of aromatic amines is 1. The molecule has 1 amide bonds. The Bertz CT molecular complexity index is 1390. The lowest BCUT2D eigenvalue weighted by Gasteiger charge is -2.26. The summed E-state index contributed by atoms with van der Waals surface area (Å²) in [6, 6.07) is 11.5. The topological polar surface area (TPSA) is 134 Å². The summed E-state index contributed by atoms with van der Waals surface area (Å²) in [4.78, 5) is 39.8. The monoisotopic (exact) mass is 451 g/mol. The molecule has 1 fully saturated rings. The third kappa shape index (κ3) is 4.22. The van der Waals surface area contributed by atoms with Crippen LogP contribution < -0.4 is 14.8 Å². The minimum atomic E-state index is -0.472. The Morgan fingerprint density at radius 2 is 1.97 bits per heavy atom. The standard InChI is InChI=1S/C21H17N5O5S/c22-13-17(21(28)24-8-10-31-11-9-24)20-23-19(27)18(32-20)12-16-2-1-7-25(16)14-3-5-15(6-4-14)26(29)30/h1-7,12H,8-11H2,(H,23,27). The largest absolute Gasteiger partial charge is 0.378 e. The van der Waals surface area contributed by atoms with Gasteiger partial charge in [0.2, 0.25) is 0 Å². The summed E-state index contributed by atoms with van der Waals surface area (Å²) in [6.07, 6.45) is 3.41. The predicted molar refractivity (Wildman–Crippen MR) is 117 cm³/mol. The first-order valence-electron chi connectivity index (χ1n) is 9.62. The van der Waals surface area contributed by atoms with Gasteiger partial charge in [-0.25, -0.2) is 0 Å². The van der Waals surface area contributed by atoms with E-state index in [0.717, 1.165) is 11.3 Å². The second kappa shape index (κ2) is 9.01. The number of H-pyrrole nitrogens is 1. The van der Waals surface area contributed by atoms with Crippen LogP contribution in [0.3, 0.4) is 0 Å². The van der Waals surface area contributed by atoms with Crippen LogP contribution in [-0.2, 0) is 9.53 Å². The minimum Gasteiger partial charge on any atom is -0.378 e. The van der Waals surface area contributed by atoms with Crippen LogP contribution in [0, 0.1) is 21.4 Å². The lowest BCUT2D eigenvalue weighted by atomic mass is 10.2. The normalized spacial score (nSPS) is 15.3. The van der Waals surface area contributed by atoms with Crippen LogP contribution in [0.25, 0.3) is 17.3 Å². The number of rotatable bonds is 4. The highest BCUT2D eigenvalue weighted by Gasteiger charge is 2.22. The quantitative estimate of drug-likeness (QED) is 0.453. The smallest absolute Gasteiger partial charge is 0.269 e. The number of hydrogen-bond acceptors (Lipinski definition) is 7. The molecule has 1 aliphatic rings. The number of carbonyl (C=O) groups is 1. The van der Waals surface area contributed by atoms with Gasteiger partial charge < -0.3 is 19.2 Å². The zero-order chi connectivity index (χ0) is 22.7. The summed E-state index contributed by atoms with van der Waals surface area (Å²) in [6.45, 7) is 1.59. The Balaban J connectivity index is 1.73. The number of nitriles is 1. The zero-order valence-corrected chi connectivity index (χ0v) is 17.5. The average Bonchev–Trinajstić information content (AvgIpc) is 3.41. The van der Waals surface area contributed by atoms with Crippen LogP contribution in [-0.4, -0.2) is 51.6 Å². The molecule has 0 saturated carbocycles. The molecule has 2 aromatic heterocycles. The maximum Gasteiger partial charge on any atom is 0.269 e. The van der Waals surface area contributed by atoms with E-state index in [4.69, 9.17) is 4.74 Å². The van der Waals surface area contributed by atoms with Gasteiger partial charge in [0, 0.05) is 42.8 Å². The van der Waals surface area contributed by atoms with Crippen LogP contribution in [0.5, 0.6) is 0 Å². The fourth-order valence-corrected chi connectivity index (χ4v) is 4.21. The molecule has 162 valence electrons. The van der Waals surface area contributed by atoms with Gasteiger partial charge in [0.1, 0.15) is 10.7 Å². The number of aromatic nitrogens is 2. The van der Waals surface area contributed by atoms with Crippen molar-refractivity contribution in [2.24, 2.45) is 0 Å². The number of amides is 1. The van der Waals surface area contributed by atoms with Crippen molar-refractivity contribution in [3.63, 3.8) is 0 Å². The van der Waals surface area contributed by atoms with Crippen LogP contribution in [0.1, 0.15) is 5.69 Å². The molecule has 0 atom stereocenters. The van der Waals surface area contributed by atoms with E-state index >= 15 is 0 Å². The molecular weight excluding hydrogens is 434 g/mol. The molecule has 3 heterocycles. The summed E-state index contributed by atoms with van der Waals surface area (Å²) in [7, 11) is 0. The molecule has 1 saturated heterocycles. The van der Waals surface area contributed by atoms with E-state index in [-0.39, 0.29) is 15.9 Å². The number of morpholine rings is 1. The highest BCUT2D eigenvalue weighted by atomic mass is 32.1. The summed E-state index contributed by atoms with van der Waals surface area (Å²) < 4.78 is 7.54. The van der Waals surface area contributed by atoms with Gasteiger partial charge in [-0.05, 0) is 30.3 Å². The summed E-state index contributed by atoms with van der Waals surface area (Å²) in [5.74, 6) is -0.436. The van der Waals surface area contributed by atoms with Gasteiger partial charge in [0.05, 0.1) is 22.7 Å². The van der Waals surface area contributed by atoms with Gasteiger partial charge in [-0.15, -0.1) is 11.3 Å². The summed E-state index contributed by atoms with van der Waals surface area (Å²) >= 11 is 1.03. The first-order chi connectivity index (χ1) is 15.5. The molecule has 1 N–H and O–H groups in total. The highest BCUT2D eigenvalue weighted by molar-refractivity contribution is 7.07. The number of nitro benzene ring substituents is 1. The van der Waals surface area contributed by atoms with E-state index in [1.807, 2.05) is 6.07 Å². The van der Waals surface area contributed by atoms with Crippen molar-refractivity contribution in [3.8, 4) is 11.8 Å². The summed E-state index contributed by atoms with van der Waals surface area (Å²) in [5.41, 5.74) is 0.807. The molecule has 1 aliphatic heterocycles. The van der Waals surface area contributed by atoms with E-state index in [2.05, 4.69) is 4.98 Å². The fourth-order valence-electron chi connectivity index (χ4n) is 3.29. The number of carbonyl (C=O) groups excluding carboxylic acids is 1. The minimum absolute atomic E-state index is 0.0183. The maximum absolute atomic E-state index is 12.7. The number of nitrogens with zero attached hydrogens (tertiary/aromatic N) is 4. The molecule has 4 rings (SSSR count). The molecule has 32 heavy (non-hydrogen) atoms. The van der Waals surface area contributed by atoms with Gasteiger partial charge in [0.15, 0.2) is 5.57 Å². The van der Waals surface area contributed by atoms with E-state index in [9.17, 15) is 25.0 Å². The molecule has 1 aromatic carbocycles. The fraction of sp³-hybridized carbons (Fsp3) is 0.190. The van der Waals surface area contributed by atoms with E-state index in [1.54, 1.807) is 41.1 Å². The molecule has 10 nitrogen and oxygen atoms in total. The lowest BCUT2D eigenvalue weighted by molar-refractivity contribution is -0.384. The molecule has 0 bridgehead atoms. The number of nitro groups is 1. The van der Waals surface area contributed by atoms with Crippen molar-refractivity contribution < 1.29 is 14.5 Å². The molecule has 3 aromatic rings. The van der Waals surface area contributed by atoms with Gasteiger partial charge in [-0.2, -0.15) is 5.26 Å². The Labute approximate surface area is 185 Å². The van der Waals surface area contributed by atoms with Crippen LogP contribution >= 0.6 is 11.3 Å². The first-order valence-corrected chi connectivity index (χ1v) is 10.4. The number of ether oxygens (including phenoxy) is 1. The predicted octanol–water partition coefficient (Wildman–Crippen LogP) is 0.497. The molecular formula is C21H17N5O5S. The SMILES string of the molecule is N#CC(C(=O)N1CCOCC1)=c1[nH]c(=O)c(=Cc2cccn2-c2ccc([N+](=O)[O-])cc2)s1. The van der Waals surface area contributed by atoms with Crippen LogP contribution in [0.4, 0.5) is 5.69 Å². The van der Waals surface area contributed by atoms with Crippen molar-refractivity contribution >= 4 is 34.6 Å². The van der Waals surface area contributed by atoms with Crippen molar-refractivity contribution in [2.45, 2.75) is 0 Å². The molecule has 0 aliphatic carbocycles. The number of thiazole rings is 1. The van der Waals surface area contributed by atoms with Crippen LogP contribution in [0.15, 0.2) is 47.4 Å². The second-order valence-corrected chi connectivity index (χ2v) is 7.91. The molecule has 11 heteroatoms. The van der Waals surface area contributed by atoms with Gasteiger partial charge >= 0.3 is 0 Å². The third-order valence-corrected chi connectivity index (χ3v) is 5.95. The number of hydrogen-bond donors (Lipinski definition) is 1. The Hall–Kier alpha value is -4.01. The Morgan fingerprint density at radius 3 is 2.62 bits per heavy atom. The average molecular weight is 451 g/mol. The molecule has 0 spiro atoms.